The van der Waals surface area contributed by atoms with E-state index in [2.05, 4.69) is 9.71 Å². The molecule has 0 saturated carbocycles. The smallest absolute Gasteiger partial charge is 0.232 e. The van der Waals surface area contributed by atoms with Crippen LogP contribution in [0.3, 0.4) is 0 Å². The quantitative estimate of drug-likeness (QED) is 0.828. The Hall–Kier alpha value is -1.82. The van der Waals surface area contributed by atoms with Gasteiger partial charge in [-0.3, -0.25) is 9.71 Å². The van der Waals surface area contributed by atoms with Gasteiger partial charge in [0.15, 0.2) is 0 Å². The van der Waals surface area contributed by atoms with E-state index in [0.29, 0.717) is 28.7 Å². The number of hydrogen-bond donors (Lipinski definition) is 2. The molecule has 5 nitrogen and oxygen atoms in total. The number of nitrogens with two attached hydrogens (primary N) is 1. The number of anilines is 2. The van der Waals surface area contributed by atoms with Gasteiger partial charge >= 0.3 is 0 Å². The number of aromatic nitrogens is 1. The monoisotopic (exact) mass is 265 g/mol. The molecule has 0 spiro atoms. The molecule has 0 amide bonds. The van der Waals surface area contributed by atoms with Gasteiger partial charge in [0.2, 0.25) is 10.0 Å². The van der Waals surface area contributed by atoms with Crippen LogP contribution in [0.25, 0.3) is 10.9 Å². The van der Waals surface area contributed by atoms with Gasteiger partial charge in [0.25, 0.3) is 0 Å². The fourth-order valence-electron chi connectivity index (χ4n) is 1.77. The Morgan fingerprint density at radius 2 is 2.11 bits per heavy atom. The minimum atomic E-state index is -3.31. The average Bonchev–Trinajstić information content (AvgIpc) is 2.33. The molecule has 2 aromatic rings. The lowest BCUT2D eigenvalue weighted by molar-refractivity contribution is 0.600. The molecule has 0 saturated heterocycles. The molecule has 0 fully saturated rings. The van der Waals surface area contributed by atoms with Crippen molar-refractivity contribution < 1.29 is 8.42 Å². The van der Waals surface area contributed by atoms with Crippen LogP contribution in [0.2, 0.25) is 0 Å². The number of fused-ring (bicyclic) bond motifs is 1. The van der Waals surface area contributed by atoms with Crippen LogP contribution in [0.15, 0.2) is 30.5 Å². The summed E-state index contributed by atoms with van der Waals surface area (Å²) in [4.78, 5) is 4.16. The number of sulfonamides is 1. The fraction of sp³-hybridized carbons (Fsp3) is 0.250. The van der Waals surface area contributed by atoms with E-state index >= 15 is 0 Å². The van der Waals surface area contributed by atoms with Crippen LogP contribution in [0.4, 0.5) is 11.4 Å². The molecule has 0 unspecified atom stereocenters. The molecule has 0 aliphatic rings. The zero-order valence-electron chi connectivity index (χ0n) is 10.1. The molecule has 2 rings (SSSR count). The molecule has 0 bridgehead atoms. The first-order valence-corrected chi connectivity index (χ1v) is 7.32. The molecule has 3 N–H and O–H groups in total. The van der Waals surface area contributed by atoms with E-state index in [-0.39, 0.29) is 5.75 Å². The molecular formula is C12H15N3O2S. The van der Waals surface area contributed by atoms with E-state index in [1.54, 1.807) is 30.5 Å². The Balaban J connectivity index is 2.50. The molecule has 6 heteroatoms. The summed E-state index contributed by atoms with van der Waals surface area (Å²) in [6.45, 7) is 1.82. The number of hydrogen-bond acceptors (Lipinski definition) is 4. The van der Waals surface area contributed by atoms with E-state index in [1.807, 2.05) is 6.92 Å². The van der Waals surface area contributed by atoms with Crippen molar-refractivity contribution in [3.63, 3.8) is 0 Å². The second-order valence-electron chi connectivity index (χ2n) is 4.02. The highest BCUT2D eigenvalue weighted by atomic mass is 32.2. The number of pyridine rings is 1. The van der Waals surface area contributed by atoms with Gasteiger partial charge in [-0.15, -0.1) is 0 Å². The zero-order valence-corrected chi connectivity index (χ0v) is 10.9. The summed E-state index contributed by atoms with van der Waals surface area (Å²) >= 11 is 0. The highest BCUT2D eigenvalue weighted by Gasteiger charge is 2.12. The van der Waals surface area contributed by atoms with Crippen LogP contribution >= 0.6 is 0 Å². The van der Waals surface area contributed by atoms with Gasteiger partial charge in [0.05, 0.1) is 22.6 Å². The number of nitrogen functional groups attached to an aromatic ring is 1. The van der Waals surface area contributed by atoms with Crippen molar-refractivity contribution in [2.45, 2.75) is 13.3 Å². The lowest BCUT2D eigenvalue weighted by Gasteiger charge is -2.10. The van der Waals surface area contributed by atoms with Gasteiger partial charge in [-0.2, -0.15) is 0 Å². The van der Waals surface area contributed by atoms with Crippen LogP contribution in [0.5, 0.6) is 0 Å². The third-order valence-electron chi connectivity index (χ3n) is 2.54. The van der Waals surface area contributed by atoms with Crippen molar-refractivity contribution in [2.24, 2.45) is 0 Å². The Labute approximate surface area is 106 Å². The minimum absolute atomic E-state index is 0.0964. The first kappa shape index (κ1) is 12.6. The van der Waals surface area contributed by atoms with Crippen molar-refractivity contribution in [3.8, 4) is 0 Å². The van der Waals surface area contributed by atoms with Crippen molar-refractivity contribution in [1.82, 2.24) is 4.98 Å². The molecule has 0 radical (unpaired) electrons. The first-order valence-electron chi connectivity index (χ1n) is 5.67. The fourth-order valence-corrected chi connectivity index (χ4v) is 2.92. The van der Waals surface area contributed by atoms with E-state index < -0.39 is 10.0 Å². The van der Waals surface area contributed by atoms with Gasteiger partial charge in [-0.1, -0.05) is 6.92 Å². The normalized spacial score (nSPS) is 11.6. The zero-order chi connectivity index (χ0) is 13.2. The second kappa shape index (κ2) is 4.81. The van der Waals surface area contributed by atoms with E-state index in [0.717, 1.165) is 0 Å². The SMILES string of the molecule is CCCS(=O)(=O)Nc1ccc(N)c2ncccc12. The van der Waals surface area contributed by atoms with Crippen molar-refractivity contribution in [3.05, 3.63) is 30.5 Å². The van der Waals surface area contributed by atoms with Crippen LogP contribution in [0.1, 0.15) is 13.3 Å². The lowest BCUT2D eigenvalue weighted by Crippen LogP contribution is -2.16. The number of nitrogens with one attached hydrogen (secondary N) is 1. The molecule has 0 atom stereocenters. The number of rotatable bonds is 4. The van der Waals surface area contributed by atoms with Crippen LogP contribution < -0.4 is 10.5 Å². The standard InChI is InChI=1S/C12H15N3O2S/c1-2-8-18(16,17)15-11-6-5-10(13)12-9(11)4-3-7-14-12/h3-7,15H,2,8,13H2,1H3. The van der Waals surface area contributed by atoms with Crippen LogP contribution in [-0.4, -0.2) is 19.2 Å². The maximum absolute atomic E-state index is 11.8. The van der Waals surface area contributed by atoms with Crippen molar-refractivity contribution >= 4 is 32.3 Å². The summed E-state index contributed by atoms with van der Waals surface area (Å²) < 4.78 is 26.1. The summed E-state index contributed by atoms with van der Waals surface area (Å²) in [6.07, 6.45) is 2.20. The molecule has 1 aromatic heterocycles. The topological polar surface area (TPSA) is 85.1 Å². The molecule has 0 aliphatic carbocycles. The van der Waals surface area contributed by atoms with Gasteiger partial charge in [-0.25, -0.2) is 8.42 Å². The molecule has 96 valence electrons. The van der Waals surface area contributed by atoms with E-state index in [9.17, 15) is 8.42 Å². The highest BCUT2D eigenvalue weighted by Crippen LogP contribution is 2.27. The molecule has 1 heterocycles. The molecule has 1 aromatic carbocycles. The summed E-state index contributed by atoms with van der Waals surface area (Å²) in [5.41, 5.74) is 7.46. The molecule has 18 heavy (non-hydrogen) atoms. The summed E-state index contributed by atoms with van der Waals surface area (Å²) in [5, 5.41) is 0.706. The lowest BCUT2D eigenvalue weighted by atomic mass is 10.1. The van der Waals surface area contributed by atoms with Gasteiger partial charge in [0.1, 0.15) is 0 Å². The van der Waals surface area contributed by atoms with E-state index in [1.165, 1.54) is 0 Å². The Bertz CT molecular complexity index is 668. The van der Waals surface area contributed by atoms with Gasteiger partial charge in [0, 0.05) is 11.6 Å². The summed E-state index contributed by atoms with van der Waals surface area (Å²) in [7, 11) is -3.31. The number of nitrogens with zero attached hydrogens (tertiary/aromatic N) is 1. The third kappa shape index (κ3) is 2.53. The van der Waals surface area contributed by atoms with E-state index in [4.69, 9.17) is 5.73 Å². The van der Waals surface area contributed by atoms with Crippen molar-refractivity contribution in [2.75, 3.05) is 16.2 Å². The molecular weight excluding hydrogens is 250 g/mol. The van der Waals surface area contributed by atoms with Crippen LogP contribution in [0, 0.1) is 0 Å². The largest absolute Gasteiger partial charge is 0.397 e. The maximum atomic E-state index is 11.8. The van der Waals surface area contributed by atoms with Gasteiger partial charge < -0.3 is 5.73 Å². The summed E-state index contributed by atoms with van der Waals surface area (Å²) in [5.74, 6) is 0.0964. The minimum Gasteiger partial charge on any atom is -0.397 e. The predicted octanol–water partition coefficient (Wildman–Crippen LogP) is 1.97. The average molecular weight is 265 g/mol. The van der Waals surface area contributed by atoms with Gasteiger partial charge in [-0.05, 0) is 30.7 Å². The highest BCUT2D eigenvalue weighted by molar-refractivity contribution is 7.92. The number of benzene rings is 1. The molecule has 0 aliphatic heterocycles. The maximum Gasteiger partial charge on any atom is 0.232 e. The Kier molecular flexibility index (Phi) is 3.38. The Morgan fingerprint density at radius 1 is 1.33 bits per heavy atom. The van der Waals surface area contributed by atoms with Crippen molar-refractivity contribution in [1.29, 1.82) is 0 Å². The predicted molar refractivity (Wildman–Crippen MR) is 73.9 cm³/mol. The first-order chi connectivity index (χ1) is 8.53. The second-order valence-corrected chi connectivity index (χ2v) is 5.86. The Morgan fingerprint density at radius 3 is 2.83 bits per heavy atom. The third-order valence-corrected chi connectivity index (χ3v) is 4.02. The van der Waals surface area contributed by atoms with Crippen LogP contribution in [-0.2, 0) is 10.0 Å². The summed E-state index contributed by atoms with van der Waals surface area (Å²) in [6, 6.07) is 6.85.